The summed E-state index contributed by atoms with van der Waals surface area (Å²) in [4.78, 5) is 0. The van der Waals surface area contributed by atoms with Crippen LogP contribution in [0.4, 0.5) is 30.7 Å². The minimum Gasteiger partial charge on any atom is -0.223 e. The zero-order valence-corrected chi connectivity index (χ0v) is 9.52. The molecule has 1 aromatic carbocycles. The van der Waals surface area contributed by atoms with E-state index in [-0.39, 0.29) is 11.1 Å². The van der Waals surface area contributed by atoms with Crippen LogP contribution in [0.1, 0.15) is 17.2 Å². The molecule has 0 saturated heterocycles. The molecular weight excluding hydrogens is 293 g/mol. The van der Waals surface area contributed by atoms with Gasteiger partial charge < -0.3 is 0 Å². The molecule has 0 spiro atoms. The van der Waals surface area contributed by atoms with E-state index in [4.69, 9.17) is 0 Å². The van der Waals surface area contributed by atoms with Crippen LogP contribution in [0.15, 0.2) is 29.8 Å². The third-order valence-corrected chi connectivity index (χ3v) is 2.98. The van der Waals surface area contributed by atoms with Gasteiger partial charge >= 0.3 is 18.0 Å². The summed E-state index contributed by atoms with van der Waals surface area (Å²) >= 11 is 0. The van der Waals surface area contributed by atoms with Gasteiger partial charge in [0.25, 0.3) is 0 Å². The van der Waals surface area contributed by atoms with Gasteiger partial charge in [0.2, 0.25) is 0 Å². The molecule has 1 unspecified atom stereocenters. The number of benzene rings is 1. The van der Waals surface area contributed by atoms with Gasteiger partial charge in [-0.25, -0.2) is 5.11 Å². The molecule has 1 nitrogen and oxygen atoms in total. The first kappa shape index (κ1) is 14.8. The molecule has 8 heteroatoms. The lowest BCUT2D eigenvalue weighted by Gasteiger charge is -2.30. The van der Waals surface area contributed by atoms with Crippen molar-refractivity contribution < 1.29 is 35.8 Å². The second-order valence-corrected chi connectivity index (χ2v) is 4.26. The molecule has 1 aliphatic carbocycles. The summed E-state index contributed by atoms with van der Waals surface area (Å²) in [7, 11) is 0. The van der Waals surface area contributed by atoms with Gasteiger partial charge in [0.15, 0.2) is 0 Å². The predicted molar refractivity (Wildman–Crippen MR) is 53.8 cm³/mol. The lowest BCUT2D eigenvalue weighted by Crippen LogP contribution is -2.53. The van der Waals surface area contributed by atoms with Gasteiger partial charge in [-0.3, -0.25) is 0 Å². The van der Waals surface area contributed by atoms with Crippen LogP contribution in [0.3, 0.4) is 0 Å². The average molecular weight is 299 g/mol. The molecule has 0 aromatic heterocycles. The summed E-state index contributed by atoms with van der Waals surface area (Å²) < 4.78 is 89.0. The highest BCUT2D eigenvalue weighted by Crippen LogP contribution is 2.54. The Morgan fingerprint density at radius 2 is 1.45 bits per heavy atom. The average Bonchev–Trinajstić information content (AvgIpc) is 2.66. The Hall–Kier alpha value is -1.57. The minimum absolute atomic E-state index is 0.0832. The molecule has 0 heterocycles. The Kier molecular flexibility index (Phi) is 3.12. The fraction of sp³-hybridized carbons (Fsp3) is 0.333. The van der Waals surface area contributed by atoms with E-state index in [2.05, 4.69) is 0 Å². The Bertz CT molecular complexity index is 559. The minimum atomic E-state index is -6.45. The first-order valence-electron chi connectivity index (χ1n) is 5.29. The van der Waals surface area contributed by atoms with Gasteiger partial charge in [-0.2, -0.15) is 30.7 Å². The van der Waals surface area contributed by atoms with E-state index in [1.807, 2.05) is 0 Å². The quantitative estimate of drug-likeness (QED) is 0.722. The summed E-state index contributed by atoms with van der Waals surface area (Å²) in [5.74, 6) is -11.9. The van der Waals surface area contributed by atoms with Crippen molar-refractivity contribution in [2.24, 2.45) is 0 Å². The van der Waals surface area contributed by atoms with Crippen LogP contribution in [0.25, 0.3) is 6.08 Å². The summed E-state index contributed by atoms with van der Waals surface area (Å²) in [5, 5.41) is 11.7. The van der Waals surface area contributed by atoms with Gasteiger partial charge in [-0.1, -0.05) is 24.3 Å². The summed E-state index contributed by atoms with van der Waals surface area (Å²) in [6.07, 6.45) is -8.51. The van der Waals surface area contributed by atoms with Crippen molar-refractivity contribution in [1.29, 1.82) is 0 Å². The van der Waals surface area contributed by atoms with Crippen molar-refractivity contribution in [1.82, 2.24) is 0 Å². The molecule has 1 aliphatic rings. The highest BCUT2D eigenvalue weighted by Gasteiger charge is 2.75. The second kappa shape index (κ2) is 4.21. The molecule has 0 bridgehead atoms. The molecule has 0 saturated carbocycles. The van der Waals surface area contributed by atoms with Crippen LogP contribution in [0.5, 0.6) is 0 Å². The van der Waals surface area contributed by atoms with Crippen molar-refractivity contribution in [3.8, 4) is 0 Å². The van der Waals surface area contributed by atoms with Crippen LogP contribution in [0, 0.1) is 0 Å². The van der Waals surface area contributed by atoms with E-state index < -0.39 is 29.7 Å². The maximum Gasteiger partial charge on any atom is 0.460 e. The van der Waals surface area contributed by atoms with Crippen molar-refractivity contribution in [3.63, 3.8) is 0 Å². The van der Waals surface area contributed by atoms with Crippen molar-refractivity contribution >= 4 is 6.08 Å². The number of hydrogen-bond donors (Lipinski definition) is 0. The van der Waals surface area contributed by atoms with Crippen molar-refractivity contribution in [2.45, 2.75) is 24.1 Å². The van der Waals surface area contributed by atoms with E-state index in [1.165, 1.54) is 18.2 Å². The van der Waals surface area contributed by atoms with Gasteiger partial charge in [0.05, 0.1) is 0 Å². The van der Waals surface area contributed by atoms with E-state index in [9.17, 15) is 35.8 Å². The fourth-order valence-corrected chi connectivity index (χ4v) is 1.91. The molecule has 0 aliphatic heterocycles. The Balaban J connectivity index is 2.48. The molecular formula is C12H6F7O. The van der Waals surface area contributed by atoms with Crippen molar-refractivity contribution in [2.75, 3.05) is 0 Å². The standard InChI is InChI=1S/C12H6F7O/c13-10(14,11(15,16)12(17,18)19)8-5-6-3-1-2-4-7(6)9(8)20/h1-5,9H. The van der Waals surface area contributed by atoms with Crippen LogP contribution >= 0.6 is 0 Å². The third-order valence-electron chi connectivity index (χ3n) is 2.98. The highest BCUT2D eigenvalue weighted by molar-refractivity contribution is 5.67. The Labute approximate surface area is 108 Å². The number of hydrogen-bond acceptors (Lipinski definition) is 0. The van der Waals surface area contributed by atoms with E-state index >= 15 is 0 Å². The SMILES string of the molecule is [O]C1C(C(F)(F)C(F)(F)C(F)(F)F)=Cc2ccccc21. The van der Waals surface area contributed by atoms with E-state index in [0.29, 0.717) is 6.08 Å². The van der Waals surface area contributed by atoms with E-state index in [0.717, 1.165) is 6.07 Å². The maximum absolute atomic E-state index is 13.5. The largest absolute Gasteiger partial charge is 0.460 e. The second-order valence-electron chi connectivity index (χ2n) is 4.26. The van der Waals surface area contributed by atoms with Gasteiger partial charge in [-0.05, 0) is 17.2 Å². The van der Waals surface area contributed by atoms with Gasteiger partial charge in [0.1, 0.15) is 6.10 Å². The zero-order valence-electron chi connectivity index (χ0n) is 9.52. The van der Waals surface area contributed by atoms with E-state index in [1.54, 1.807) is 0 Å². The predicted octanol–water partition coefficient (Wildman–Crippen LogP) is 4.39. The zero-order chi connectivity index (χ0) is 15.3. The molecule has 0 N–H and O–H groups in total. The molecule has 109 valence electrons. The normalized spacial score (nSPS) is 19.8. The maximum atomic E-state index is 13.5. The molecule has 1 radical (unpaired) electrons. The lowest BCUT2D eigenvalue weighted by molar-refractivity contribution is -0.346. The van der Waals surface area contributed by atoms with Crippen LogP contribution in [0.2, 0.25) is 0 Å². The van der Waals surface area contributed by atoms with Crippen molar-refractivity contribution in [3.05, 3.63) is 41.0 Å². The summed E-state index contributed by atoms with van der Waals surface area (Å²) in [6.45, 7) is 0. The molecule has 0 fully saturated rings. The van der Waals surface area contributed by atoms with Gasteiger partial charge in [-0.15, -0.1) is 0 Å². The van der Waals surface area contributed by atoms with Crippen LogP contribution in [-0.4, -0.2) is 18.0 Å². The van der Waals surface area contributed by atoms with Crippen LogP contribution in [-0.2, 0) is 5.11 Å². The summed E-state index contributed by atoms with van der Waals surface area (Å²) in [6, 6.07) is 4.96. The highest BCUT2D eigenvalue weighted by atomic mass is 19.4. The monoisotopic (exact) mass is 299 g/mol. The van der Waals surface area contributed by atoms with Crippen LogP contribution < -0.4 is 0 Å². The smallest absolute Gasteiger partial charge is 0.223 e. The molecule has 1 aromatic rings. The fourth-order valence-electron chi connectivity index (χ4n) is 1.91. The lowest BCUT2D eigenvalue weighted by atomic mass is 9.97. The molecule has 20 heavy (non-hydrogen) atoms. The number of alkyl halides is 7. The molecule has 0 amide bonds. The Morgan fingerprint density at radius 3 is 1.95 bits per heavy atom. The first-order chi connectivity index (χ1) is 9.00. The Morgan fingerprint density at radius 1 is 0.900 bits per heavy atom. The summed E-state index contributed by atoms with van der Waals surface area (Å²) in [5.41, 5.74) is -2.11. The molecule has 2 rings (SSSR count). The number of halogens is 7. The number of fused-ring (bicyclic) bond motifs is 1. The third kappa shape index (κ3) is 1.90. The molecule has 1 atom stereocenters. The van der Waals surface area contributed by atoms with Gasteiger partial charge in [0, 0.05) is 5.57 Å². The number of rotatable bonds is 2. The first-order valence-corrected chi connectivity index (χ1v) is 5.29. The topological polar surface area (TPSA) is 19.9 Å².